The van der Waals surface area contributed by atoms with Gasteiger partial charge in [-0.2, -0.15) is 0 Å². The van der Waals surface area contributed by atoms with E-state index < -0.39 is 6.75 Å². The fourth-order valence-corrected chi connectivity index (χ4v) is 1.58. The van der Waals surface area contributed by atoms with Crippen molar-refractivity contribution in [1.82, 2.24) is 0 Å². The van der Waals surface area contributed by atoms with Crippen molar-refractivity contribution < 1.29 is 14.0 Å². The molecule has 0 unspecified atom stereocenters. The summed E-state index contributed by atoms with van der Waals surface area (Å²) >= 11 is 0. The van der Waals surface area contributed by atoms with Gasteiger partial charge < -0.3 is 14.0 Å². The zero-order chi connectivity index (χ0) is 15.3. The maximum Gasteiger partial charge on any atom is 0.457 e. The topological polar surface area (TPSA) is 27.7 Å². The Hall–Kier alpha value is -0.495. The van der Waals surface area contributed by atoms with Gasteiger partial charge in [0, 0.05) is 23.7 Å². The second kappa shape index (κ2) is 7.33. The van der Waals surface area contributed by atoms with E-state index in [9.17, 15) is 0 Å². The molecule has 4 heteroatoms. The highest BCUT2D eigenvalue weighted by molar-refractivity contribution is 6.69. The van der Waals surface area contributed by atoms with Crippen molar-refractivity contribution in [3.8, 4) is 11.7 Å². The van der Waals surface area contributed by atoms with Crippen molar-refractivity contribution in [2.45, 2.75) is 80.6 Å². The zero-order valence-corrected chi connectivity index (χ0v) is 14.0. The van der Waals surface area contributed by atoms with Crippen LogP contribution in [0.15, 0.2) is 0 Å². The summed E-state index contributed by atoms with van der Waals surface area (Å²) in [6, 6.07) is 0. The molecule has 0 aromatic heterocycles. The molecule has 0 N–H and O–H groups in total. The van der Waals surface area contributed by atoms with Gasteiger partial charge in [0.15, 0.2) is 0 Å². The van der Waals surface area contributed by atoms with Gasteiger partial charge in [0.2, 0.25) is 0 Å². The largest absolute Gasteiger partial charge is 0.532 e. The van der Waals surface area contributed by atoms with Crippen LogP contribution in [0.4, 0.5) is 0 Å². The first-order valence-corrected chi connectivity index (χ1v) is 7.17. The van der Waals surface area contributed by atoms with Crippen molar-refractivity contribution in [2.24, 2.45) is 5.41 Å². The average molecular weight is 269 g/mol. The highest BCUT2D eigenvalue weighted by Crippen LogP contribution is 2.19. The van der Waals surface area contributed by atoms with E-state index in [0.29, 0.717) is 0 Å². The summed E-state index contributed by atoms with van der Waals surface area (Å²) in [5.74, 6) is 6.29. The van der Waals surface area contributed by atoms with E-state index in [0.717, 1.165) is 0 Å². The van der Waals surface area contributed by atoms with E-state index in [4.69, 9.17) is 14.0 Å². The fourth-order valence-electron chi connectivity index (χ4n) is 1.58. The minimum absolute atomic E-state index is 0.00762. The summed E-state index contributed by atoms with van der Waals surface area (Å²) < 4.78 is 17.7. The van der Waals surface area contributed by atoms with Gasteiger partial charge in [0.1, 0.15) is 0 Å². The summed E-state index contributed by atoms with van der Waals surface area (Å²) in [7, 11) is 0. The molecule has 3 nitrogen and oxygen atoms in total. The molecule has 0 aromatic rings. The number of hydrogen-bond acceptors (Lipinski definition) is 3. The molecule has 0 atom stereocenters. The minimum atomic E-state index is -2.04. The van der Waals surface area contributed by atoms with Gasteiger partial charge in [-0.1, -0.05) is 0 Å². The Balaban J connectivity index is 5.38. The van der Waals surface area contributed by atoms with E-state index in [2.05, 4.69) is 32.5 Å². The Morgan fingerprint density at radius 1 is 0.737 bits per heavy atom. The van der Waals surface area contributed by atoms with Crippen molar-refractivity contribution >= 4 is 6.75 Å². The van der Waals surface area contributed by atoms with Gasteiger partial charge in [-0.15, -0.1) is 5.92 Å². The number of hydrogen-bond donors (Lipinski definition) is 0. The lowest BCUT2D eigenvalue weighted by molar-refractivity contribution is 0.0162. The van der Waals surface area contributed by atoms with Crippen LogP contribution < -0.4 is 0 Å². The van der Waals surface area contributed by atoms with E-state index >= 15 is 0 Å². The van der Waals surface area contributed by atoms with Crippen LogP contribution in [-0.4, -0.2) is 25.1 Å². The summed E-state index contributed by atoms with van der Waals surface area (Å²) in [6.45, 7) is 15.9. The monoisotopic (exact) mass is 269 g/mol. The lowest BCUT2D eigenvalue weighted by atomic mass is 9.76. The van der Waals surface area contributed by atoms with Gasteiger partial charge in [-0.25, -0.2) is 5.82 Å². The molecule has 0 saturated heterocycles. The van der Waals surface area contributed by atoms with Crippen molar-refractivity contribution in [2.75, 3.05) is 0 Å². The fraction of sp³-hybridized carbons (Fsp3) is 0.867. The molecule has 0 aliphatic rings. The smallest absolute Gasteiger partial charge is 0.457 e. The highest BCUT2D eigenvalue weighted by atomic mass is 16.8. The Morgan fingerprint density at radius 3 is 1.26 bits per heavy atom. The predicted molar refractivity (Wildman–Crippen MR) is 81.6 cm³/mol. The second-order valence-corrected chi connectivity index (χ2v) is 6.72. The molecular formula is C15H30BO3-. The maximum atomic E-state index is 5.90. The third-order valence-electron chi connectivity index (χ3n) is 1.98. The molecule has 0 aliphatic heterocycles. The lowest BCUT2D eigenvalue weighted by Crippen LogP contribution is -2.50. The van der Waals surface area contributed by atoms with Gasteiger partial charge in [0.25, 0.3) is 0 Å². The molecule has 112 valence electrons. The summed E-state index contributed by atoms with van der Waals surface area (Å²) in [6.07, 6.45) is -0.0229. The normalized spacial score (nSPS) is 13.1. The van der Waals surface area contributed by atoms with Crippen molar-refractivity contribution in [3.05, 3.63) is 0 Å². The quantitative estimate of drug-likeness (QED) is 0.542. The van der Waals surface area contributed by atoms with Gasteiger partial charge in [0.05, 0.1) is 0 Å². The van der Waals surface area contributed by atoms with Crippen LogP contribution in [0.5, 0.6) is 0 Å². The number of rotatable bonds is 6. The van der Waals surface area contributed by atoms with E-state index in [1.165, 1.54) is 0 Å². The Kier molecular flexibility index (Phi) is 7.14. The van der Waals surface area contributed by atoms with Crippen LogP contribution in [0.25, 0.3) is 0 Å². The van der Waals surface area contributed by atoms with Gasteiger partial charge in [-0.3, -0.25) is 0 Å². The first-order valence-electron chi connectivity index (χ1n) is 7.17. The summed E-state index contributed by atoms with van der Waals surface area (Å²) in [5, 5.41) is 0. The van der Waals surface area contributed by atoms with Crippen LogP contribution in [0, 0.1) is 17.2 Å². The lowest BCUT2D eigenvalue weighted by Gasteiger charge is -2.42. The first-order chi connectivity index (χ1) is 8.46. The molecule has 0 bridgehead atoms. The molecule has 19 heavy (non-hydrogen) atoms. The molecule has 0 aliphatic carbocycles. The Bertz CT molecular complexity index is 292. The summed E-state index contributed by atoms with van der Waals surface area (Å²) in [5.41, 5.74) is -0.117. The van der Waals surface area contributed by atoms with E-state index in [1.807, 2.05) is 41.5 Å². The summed E-state index contributed by atoms with van der Waals surface area (Å²) in [4.78, 5) is 0. The first kappa shape index (κ1) is 18.5. The third kappa shape index (κ3) is 9.10. The molecular weight excluding hydrogens is 239 g/mol. The maximum absolute atomic E-state index is 5.90. The molecule has 0 aromatic carbocycles. The standard InChI is InChI=1S/C15H30BO3/c1-12(2)17-16(18-13(3)4,19-14(5)6)11-10-15(7,8)9/h12-14H,1-9H3/q-1. The molecule has 0 fully saturated rings. The Labute approximate surface area is 119 Å². The van der Waals surface area contributed by atoms with Crippen LogP contribution in [0.3, 0.4) is 0 Å². The van der Waals surface area contributed by atoms with Crippen LogP contribution in [0.1, 0.15) is 62.3 Å². The average Bonchev–Trinajstić information content (AvgIpc) is 2.09. The molecule has 0 saturated carbocycles. The third-order valence-corrected chi connectivity index (χ3v) is 1.98. The van der Waals surface area contributed by atoms with E-state index in [1.54, 1.807) is 0 Å². The SMILES string of the molecule is CC(C)O[B-](C#CC(C)(C)C)(OC(C)C)OC(C)C. The van der Waals surface area contributed by atoms with Crippen LogP contribution in [0.2, 0.25) is 0 Å². The second-order valence-electron chi connectivity index (χ2n) is 6.72. The molecule has 0 amide bonds. The van der Waals surface area contributed by atoms with E-state index in [-0.39, 0.29) is 23.7 Å². The molecule has 0 spiro atoms. The van der Waals surface area contributed by atoms with Crippen LogP contribution in [-0.2, 0) is 14.0 Å². The van der Waals surface area contributed by atoms with Crippen molar-refractivity contribution in [3.63, 3.8) is 0 Å². The Morgan fingerprint density at radius 2 is 1.05 bits per heavy atom. The minimum Gasteiger partial charge on any atom is -0.532 e. The molecule has 0 heterocycles. The zero-order valence-electron chi connectivity index (χ0n) is 14.0. The van der Waals surface area contributed by atoms with Gasteiger partial charge in [-0.05, 0) is 62.3 Å². The predicted octanol–water partition coefficient (Wildman–Crippen LogP) is 3.79. The van der Waals surface area contributed by atoms with Crippen LogP contribution >= 0.6 is 0 Å². The highest BCUT2D eigenvalue weighted by Gasteiger charge is 2.31. The molecule has 0 rings (SSSR count). The van der Waals surface area contributed by atoms with Crippen molar-refractivity contribution in [1.29, 1.82) is 0 Å². The van der Waals surface area contributed by atoms with Gasteiger partial charge >= 0.3 is 6.75 Å². The molecule has 0 radical (unpaired) electrons.